The molecular weight excluding hydrogens is 153 g/mol. The van der Waals surface area contributed by atoms with Crippen molar-refractivity contribution in [1.82, 2.24) is 4.57 Å². The summed E-state index contributed by atoms with van der Waals surface area (Å²) < 4.78 is 15.3. The van der Waals surface area contributed by atoms with Crippen LogP contribution < -0.4 is 0 Å². The maximum absolute atomic E-state index is 13.4. The third kappa shape index (κ3) is 0.843. The van der Waals surface area contributed by atoms with Crippen LogP contribution in [0.4, 0.5) is 4.39 Å². The zero-order valence-corrected chi connectivity index (χ0v) is 7.13. The van der Waals surface area contributed by atoms with Gasteiger partial charge < -0.3 is 4.57 Å². The summed E-state index contributed by atoms with van der Waals surface area (Å²) in [6, 6.07) is 5.54. The molecule has 2 heteroatoms. The molecule has 0 aliphatic rings. The molecule has 0 saturated carbocycles. The number of aryl methyl sites for hydroxylation is 2. The fourth-order valence-electron chi connectivity index (χ4n) is 1.42. The summed E-state index contributed by atoms with van der Waals surface area (Å²) in [4.78, 5) is 0. The van der Waals surface area contributed by atoms with E-state index in [9.17, 15) is 4.39 Å². The average Bonchev–Trinajstić information content (AvgIpc) is 2.41. The molecule has 0 bridgehead atoms. The Morgan fingerprint density at radius 3 is 2.75 bits per heavy atom. The summed E-state index contributed by atoms with van der Waals surface area (Å²) in [6.07, 6.45) is 1.87. The lowest BCUT2D eigenvalue weighted by Gasteiger charge is -1.99. The van der Waals surface area contributed by atoms with Gasteiger partial charge in [-0.05, 0) is 24.6 Å². The van der Waals surface area contributed by atoms with Gasteiger partial charge in [0.15, 0.2) is 0 Å². The summed E-state index contributed by atoms with van der Waals surface area (Å²) in [7, 11) is 1.91. The second-order valence-electron chi connectivity index (χ2n) is 3.06. The van der Waals surface area contributed by atoms with Gasteiger partial charge in [-0.2, -0.15) is 0 Å². The van der Waals surface area contributed by atoms with Crippen molar-refractivity contribution in [3.8, 4) is 0 Å². The molecular formula is C10H10FN. The third-order valence-electron chi connectivity index (χ3n) is 2.19. The van der Waals surface area contributed by atoms with Crippen molar-refractivity contribution in [1.29, 1.82) is 0 Å². The maximum Gasteiger partial charge on any atom is 0.135 e. The molecule has 2 rings (SSSR count). The first-order valence-electron chi connectivity index (χ1n) is 3.90. The van der Waals surface area contributed by atoms with E-state index in [1.54, 1.807) is 19.1 Å². The number of aromatic nitrogens is 1. The second-order valence-corrected chi connectivity index (χ2v) is 3.06. The lowest BCUT2D eigenvalue weighted by Crippen LogP contribution is -1.86. The van der Waals surface area contributed by atoms with Crippen LogP contribution >= 0.6 is 0 Å². The Morgan fingerprint density at radius 2 is 2.00 bits per heavy atom. The lowest BCUT2D eigenvalue weighted by atomic mass is 10.1. The molecule has 0 aliphatic heterocycles. The predicted octanol–water partition coefficient (Wildman–Crippen LogP) is 2.63. The van der Waals surface area contributed by atoms with Crippen LogP contribution in [-0.4, -0.2) is 4.57 Å². The van der Waals surface area contributed by atoms with Crippen molar-refractivity contribution in [3.63, 3.8) is 0 Å². The van der Waals surface area contributed by atoms with E-state index in [0.29, 0.717) is 10.9 Å². The SMILES string of the molecule is Cc1ccc2c(ccn2C)c1F. The number of hydrogen-bond donors (Lipinski definition) is 0. The Labute approximate surface area is 70.4 Å². The van der Waals surface area contributed by atoms with Crippen molar-refractivity contribution >= 4 is 10.9 Å². The lowest BCUT2D eigenvalue weighted by molar-refractivity contribution is 0.630. The summed E-state index contributed by atoms with van der Waals surface area (Å²) in [5.41, 5.74) is 1.65. The van der Waals surface area contributed by atoms with E-state index in [4.69, 9.17) is 0 Å². The molecule has 0 spiro atoms. The Balaban J connectivity index is 2.93. The molecule has 1 aromatic heterocycles. The van der Waals surface area contributed by atoms with E-state index in [0.717, 1.165) is 5.52 Å². The Hall–Kier alpha value is -1.31. The molecule has 0 N–H and O–H groups in total. The van der Waals surface area contributed by atoms with Crippen LogP contribution in [0.2, 0.25) is 0 Å². The quantitative estimate of drug-likeness (QED) is 0.562. The van der Waals surface area contributed by atoms with Gasteiger partial charge in [0.25, 0.3) is 0 Å². The standard InChI is InChI=1S/C10H10FN/c1-7-3-4-9-8(10(7)11)5-6-12(9)2/h3-6H,1-2H3. The topological polar surface area (TPSA) is 4.93 Å². The second kappa shape index (κ2) is 2.34. The first-order valence-corrected chi connectivity index (χ1v) is 3.90. The van der Waals surface area contributed by atoms with Gasteiger partial charge in [-0.25, -0.2) is 4.39 Å². The van der Waals surface area contributed by atoms with Gasteiger partial charge in [0.2, 0.25) is 0 Å². The Bertz CT molecular complexity index is 429. The predicted molar refractivity (Wildman–Crippen MR) is 47.6 cm³/mol. The van der Waals surface area contributed by atoms with Crippen LogP contribution in [0.1, 0.15) is 5.56 Å². The molecule has 0 unspecified atom stereocenters. The number of benzene rings is 1. The van der Waals surface area contributed by atoms with Crippen LogP contribution in [0, 0.1) is 12.7 Å². The molecule has 0 amide bonds. The van der Waals surface area contributed by atoms with E-state index < -0.39 is 0 Å². The van der Waals surface area contributed by atoms with Crippen LogP contribution in [0.15, 0.2) is 24.4 Å². The maximum atomic E-state index is 13.4. The molecule has 0 fully saturated rings. The van der Waals surface area contributed by atoms with Gasteiger partial charge in [0.1, 0.15) is 5.82 Å². The zero-order chi connectivity index (χ0) is 8.72. The molecule has 1 nitrogen and oxygen atoms in total. The van der Waals surface area contributed by atoms with Crippen molar-refractivity contribution in [2.75, 3.05) is 0 Å². The van der Waals surface area contributed by atoms with Gasteiger partial charge >= 0.3 is 0 Å². The normalized spacial score (nSPS) is 10.9. The highest BCUT2D eigenvalue weighted by Gasteiger charge is 2.05. The van der Waals surface area contributed by atoms with Crippen molar-refractivity contribution in [3.05, 3.63) is 35.8 Å². The summed E-state index contributed by atoms with van der Waals surface area (Å²) in [5, 5.41) is 0.706. The fourth-order valence-corrected chi connectivity index (χ4v) is 1.42. The molecule has 12 heavy (non-hydrogen) atoms. The van der Waals surface area contributed by atoms with E-state index >= 15 is 0 Å². The smallest absolute Gasteiger partial charge is 0.135 e. The molecule has 0 atom stereocenters. The van der Waals surface area contributed by atoms with Crippen molar-refractivity contribution in [2.24, 2.45) is 7.05 Å². The molecule has 0 radical (unpaired) electrons. The zero-order valence-electron chi connectivity index (χ0n) is 7.13. The number of nitrogens with zero attached hydrogens (tertiary/aromatic N) is 1. The summed E-state index contributed by atoms with van der Waals surface area (Å²) >= 11 is 0. The third-order valence-corrected chi connectivity index (χ3v) is 2.19. The summed E-state index contributed by atoms with van der Waals surface area (Å²) in [5.74, 6) is -0.104. The molecule has 1 heterocycles. The van der Waals surface area contributed by atoms with Crippen LogP contribution in [0.25, 0.3) is 10.9 Å². The first-order chi connectivity index (χ1) is 5.70. The van der Waals surface area contributed by atoms with Gasteiger partial charge in [-0.15, -0.1) is 0 Å². The van der Waals surface area contributed by atoms with Crippen LogP contribution in [0.5, 0.6) is 0 Å². The Morgan fingerprint density at radius 1 is 1.25 bits per heavy atom. The first kappa shape index (κ1) is 7.35. The molecule has 1 aromatic carbocycles. The average molecular weight is 163 g/mol. The number of hydrogen-bond acceptors (Lipinski definition) is 0. The van der Waals surface area contributed by atoms with Gasteiger partial charge in [-0.3, -0.25) is 0 Å². The molecule has 0 aliphatic carbocycles. The van der Waals surface area contributed by atoms with Crippen molar-refractivity contribution in [2.45, 2.75) is 6.92 Å². The van der Waals surface area contributed by atoms with Gasteiger partial charge in [0.05, 0.1) is 5.52 Å². The minimum atomic E-state index is -0.104. The molecule has 62 valence electrons. The van der Waals surface area contributed by atoms with E-state index in [-0.39, 0.29) is 5.82 Å². The Kier molecular flexibility index (Phi) is 1.43. The van der Waals surface area contributed by atoms with Crippen molar-refractivity contribution < 1.29 is 4.39 Å². The highest BCUT2D eigenvalue weighted by molar-refractivity contribution is 5.81. The number of halogens is 1. The van der Waals surface area contributed by atoms with Crippen LogP contribution in [0.3, 0.4) is 0 Å². The molecule has 2 aromatic rings. The van der Waals surface area contributed by atoms with E-state index in [1.807, 2.05) is 23.9 Å². The number of fused-ring (bicyclic) bond motifs is 1. The molecule has 0 saturated heterocycles. The fraction of sp³-hybridized carbons (Fsp3) is 0.200. The monoisotopic (exact) mass is 163 g/mol. The number of rotatable bonds is 0. The van der Waals surface area contributed by atoms with E-state index in [2.05, 4.69) is 0 Å². The minimum absolute atomic E-state index is 0.104. The highest BCUT2D eigenvalue weighted by atomic mass is 19.1. The van der Waals surface area contributed by atoms with Crippen LogP contribution in [-0.2, 0) is 7.05 Å². The summed E-state index contributed by atoms with van der Waals surface area (Å²) in [6.45, 7) is 1.78. The largest absolute Gasteiger partial charge is 0.350 e. The van der Waals surface area contributed by atoms with E-state index in [1.165, 1.54) is 0 Å². The van der Waals surface area contributed by atoms with Gasteiger partial charge in [-0.1, -0.05) is 6.07 Å². The highest BCUT2D eigenvalue weighted by Crippen LogP contribution is 2.20. The minimum Gasteiger partial charge on any atom is -0.350 e. The van der Waals surface area contributed by atoms with Gasteiger partial charge in [0, 0.05) is 18.6 Å².